The Kier molecular flexibility index (Phi) is 6.64. The highest BCUT2D eigenvalue weighted by Gasteiger charge is 2.05. The first-order valence-electron chi connectivity index (χ1n) is 10.1. The molecule has 0 saturated heterocycles. The lowest BCUT2D eigenvalue weighted by Crippen LogP contribution is -2.12. The van der Waals surface area contributed by atoms with Crippen LogP contribution < -0.4 is 15.6 Å². The second kappa shape index (κ2) is 10.2. The van der Waals surface area contributed by atoms with Gasteiger partial charge in [-0.25, -0.2) is 4.98 Å². The number of H-pyrrole nitrogens is 1. The van der Waals surface area contributed by atoms with Crippen LogP contribution in [-0.4, -0.2) is 26.5 Å². The molecule has 2 N–H and O–H groups in total. The van der Waals surface area contributed by atoms with Gasteiger partial charge in [0.15, 0.2) is 0 Å². The minimum absolute atomic E-state index is 0.213. The monoisotopic (exact) mass is 413 g/mol. The number of anilines is 1. The number of nitrogens with one attached hydrogen (secondary N) is 2. The van der Waals surface area contributed by atoms with Gasteiger partial charge in [0.05, 0.1) is 12.3 Å². The molecule has 31 heavy (non-hydrogen) atoms. The quantitative estimate of drug-likeness (QED) is 0.405. The molecule has 0 aliphatic heterocycles. The Hall–Kier alpha value is -4.00. The zero-order valence-corrected chi connectivity index (χ0v) is 17.0. The van der Waals surface area contributed by atoms with Crippen molar-refractivity contribution in [3.8, 4) is 17.0 Å². The molecule has 7 heteroatoms. The summed E-state index contributed by atoms with van der Waals surface area (Å²) in [6.07, 6.45) is 8.86. The lowest BCUT2D eigenvalue weighted by molar-refractivity contribution is 0.310. The zero-order valence-electron chi connectivity index (χ0n) is 17.0. The third kappa shape index (κ3) is 5.99. The maximum absolute atomic E-state index is 12.0. The molecule has 0 fully saturated rings. The van der Waals surface area contributed by atoms with Crippen LogP contribution in [0.2, 0.25) is 0 Å². The summed E-state index contributed by atoms with van der Waals surface area (Å²) in [5.74, 6) is 1.24. The first kappa shape index (κ1) is 20.3. The first-order chi connectivity index (χ1) is 15.3. The van der Waals surface area contributed by atoms with Crippen LogP contribution in [-0.2, 0) is 13.0 Å². The third-order valence-electron chi connectivity index (χ3n) is 4.68. The number of nitrogens with zero attached hydrogens (tertiary/aromatic N) is 3. The third-order valence-corrected chi connectivity index (χ3v) is 4.68. The summed E-state index contributed by atoms with van der Waals surface area (Å²) in [6.45, 7) is 1.14. The van der Waals surface area contributed by atoms with Crippen LogP contribution >= 0.6 is 0 Å². The maximum Gasteiger partial charge on any atom is 0.252 e. The van der Waals surface area contributed by atoms with Crippen molar-refractivity contribution in [3.05, 3.63) is 101 Å². The number of hydrogen-bond donors (Lipinski definition) is 2. The number of rotatable bonds is 9. The van der Waals surface area contributed by atoms with Gasteiger partial charge in [-0.1, -0.05) is 18.2 Å². The summed E-state index contributed by atoms with van der Waals surface area (Å²) in [5, 5.41) is 3.18. The van der Waals surface area contributed by atoms with E-state index in [0.717, 1.165) is 29.7 Å². The number of hydrogen-bond acceptors (Lipinski definition) is 6. The Balaban J connectivity index is 1.33. The summed E-state index contributed by atoms with van der Waals surface area (Å²) in [7, 11) is 0. The number of aryl methyl sites for hydroxylation is 1. The Morgan fingerprint density at radius 1 is 0.935 bits per heavy atom. The zero-order chi connectivity index (χ0) is 21.3. The summed E-state index contributed by atoms with van der Waals surface area (Å²) in [4.78, 5) is 27.4. The molecule has 4 rings (SSSR count). The highest BCUT2D eigenvalue weighted by molar-refractivity contribution is 5.59. The molecule has 0 aliphatic carbocycles. The van der Waals surface area contributed by atoms with Crippen LogP contribution in [0.1, 0.15) is 17.5 Å². The molecule has 0 saturated carbocycles. The van der Waals surface area contributed by atoms with Gasteiger partial charge in [0.1, 0.15) is 5.75 Å². The predicted molar refractivity (Wildman–Crippen MR) is 120 cm³/mol. The Bertz CT molecular complexity index is 1160. The minimum atomic E-state index is -0.213. The van der Waals surface area contributed by atoms with Gasteiger partial charge in [-0.2, -0.15) is 0 Å². The van der Waals surface area contributed by atoms with E-state index in [-0.39, 0.29) is 5.56 Å². The molecule has 0 spiro atoms. The van der Waals surface area contributed by atoms with Crippen molar-refractivity contribution in [2.45, 2.75) is 19.4 Å². The molecule has 4 aromatic rings. The van der Waals surface area contributed by atoms with E-state index >= 15 is 0 Å². The summed E-state index contributed by atoms with van der Waals surface area (Å²) >= 11 is 0. The van der Waals surface area contributed by atoms with Crippen LogP contribution in [0.4, 0.5) is 5.95 Å². The highest BCUT2D eigenvalue weighted by atomic mass is 16.5. The van der Waals surface area contributed by atoms with Crippen LogP contribution in [0.3, 0.4) is 0 Å². The molecule has 0 radical (unpaired) electrons. The number of ether oxygens (including phenoxy) is 1. The van der Waals surface area contributed by atoms with E-state index in [2.05, 4.69) is 31.3 Å². The van der Waals surface area contributed by atoms with E-state index in [9.17, 15) is 4.79 Å². The van der Waals surface area contributed by atoms with E-state index in [1.54, 1.807) is 18.6 Å². The fourth-order valence-electron chi connectivity index (χ4n) is 3.16. The fourth-order valence-corrected chi connectivity index (χ4v) is 3.16. The number of aromatic nitrogens is 4. The van der Waals surface area contributed by atoms with Gasteiger partial charge in [-0.15, -0.1) is 0 Å². The molecular formula is C24H23N5O2. The van der Waals surface area contributed by atoms with Crippen LogP contribution in [0.5, 0.6) is 5.75 Å². The lowest BCUT2D eigenvalue weighted by atomic mass is 10.2. The van der Waals surface area contributed by atoms with Crippen molar-refractivity contribution in [2.75, 3.05) is 11.9 Å². The number of benzene rings is 1. The van der Waals surface area contributed by atoms with Gasteiger partial charge in [0.2, 0.25) is 5.95 Å². The summed E-state index contributed by atoms with van der Waals surface area (Å²) in [6, 6.07) is 17.0. The Morgan fingerprint density at radius 3 is 2.65 bits per heavy atom. The molecule has 0 unspecified atom stereocenters. The second-order valence-corrected chi connectivity index (χ2v) is 7.03. The smallest absolute Gasteiger partial charge is 0.252 e. The lowest BCUT2D eigenvalue weighted by Gasteiger charge is -2.10. The average Bonchev–Trinajstić information content (AvgIpc) is 2.82. The highest BCUT2D eigenvalue weighted by Crippen LogP contribution is 2.17. The van der Waals surface area contributed by atoms with Gasteiger partial charge >= 0.3 is 0 Å². The van der Waals surface area contributed by atoms with E-state index < -0.39 is 0 Å². The van der Waals surface area contributed by atoms with Crippen molar-refractivity contribution in [1.82, 2.24) is 19.9 Å². The van der Waals surface area contributed by atoms with E-state index in [1.165, 1.54) is 11.6 Å². The van der Waals surface area contributed by atoms with Gasteiger partial charge < -0.3 is 10.1 Å². The fraction of sp³-hybridized carbons (Fsp3) is 0.167. The van der Waals surface area contributed by atoms with Crippen LogP contribution in [0.25, 0.3) is 11.3 Å². The SMILES string of the molecule is O=c1cc(-c2ccncc2)nc(NCc2cccc(OCCCc3cccnc3)c2)[nH]1. The van der Waals surface area contributed by atoms with Gasteiger partial charge in [-0.05, 0) is 54.3 Å². The largest absolute Gasteiger partial charge is 0.494 e. The van der Waals surface area contributed by atoms with Gasteiger partial charge in [0.25, 0.3) is 5.56 Å². The van der Waals surface area contributed by atoms with Gasteiger partial charge in [0, 0.05) is 43.0 Å². The van der Waals surface area contributed by atoms with E-state index in [0.29, 0.717) is 24.8 Å². The first-order valence-corrected chi connectivity index (χ1v) is 10.1. The van der Waals surface area contributed by atoms with Crippen molar-refractivity contribution in [2.24, 2.45) is 0 Å². The standard InChI is InChI=1S/C24H23N5O2/c30-23-15-22(20-8-11-25-12-9-20)28-24(29-23)27-17-19-4-1-7-21(14-19)31-13-3-6-18-5-2-10-26-16-18/h1-2,4-5,7-12,14-16H,3,6,13,17H2,(H2,27,28,29,30). The summed E-state index contributed by atoms with van der Waals surface area (Å²) in [5.41, 5.74) is 3.46. The predicted octanol–water partition coefficient (Wildman–Crippen LogP) is 3.85. The molecular weight excluding hydrogens is 390 g/mol. The van der Waals surface area contributed by atoms with Crippen molar-refractivity contribution in [1.29, 1.82) is 0 Å². The molecule has 0 amide bonds. The molecule has 1 aromatic carbocycles. The average molecular weight is 413 g/mol. The maximum atomic E-state index is 12.0. The van der Waals surface area contributed by atoms with E-state index in [4.69, 9.17) is 4.74 Å². The Labute approximate surface area is 180 Å². The molecule has 7 nitrogen and oxygen atoms in total. The molecule has 0 aliphatic rings. The molecule has 156 valence electrons. The molecule has 3 aromatic heterocycles. The molecule has 3 heterocycles. The van der Waals surface area contributed by atoms with Crippen LogP contribution in [0, 0.1) is 0 Å². The summed E-state index contributed by atoms with van der Waals surface area (Å²) < 4.78 is 5.89. The molecule has 0 atom stereocenters. The van der Waals surface area contributed by atoms with E-state index in [1.807, 2.05) is 48.7 Å². The number of pyridine rings is 2. The molecule has 0 bridgehead atoms. The van der Waals surface area contributed by atoms with Crippen LogP contribution in [0.15, 0.2) is 84.2 Å². The van der Waals surface area contributed by atoms with Gasteiger partial charge in [-0.3, -0.25) is 19.7 Å². The van der Waals surface area contributed by atoms with Crippen molar-refractivity contribution < 1.29 is 4.74 Å². The second-order valence-electron chi connectivity index (χ2n) is 7.03. The van der Waals surface area contributed by atoms with Crippen molar-refractivity contribution >= 4 is 5.95 Å². The number of aromatic amines is 1. The topological polar surface area (TPSA) is 92.8 Å². The minimum Gasteiger partial charge on any atom is -0.494 e. The van der Waals surface area contributed by atoms with Crippen molar-refractivity contribution in [3.63, 3.8) is 0 Å². The Morgan fingerprint density at radius 2 is 1.81 bits per heavy atom. The normalized spacial score (nSPS) is 10.6.